The predicted molar refractivity (Wildman–Crippen MR) is 69.7 cm³/mol. The van der Waals surface area contributed by atoms with Gasteiger partial charge in [-0.05, 0) is 13.0 Å². The van der Waals surface area contributed by atoms with E-state index < -0.39 is 0 Å². The van der Waals surface area contributed by atoms with Gasteiger partial charge in [-0.1, -0.05) is 18.2 Å². The summed E-state index contributed by atoms with van der Waals surface area (Å²) in [5.74, 6) is 0.787. The van der Waals surface area contributed by atoms with E-state index in [1.165, 1.54) is 0 Å². The molecule has 0 aliphatic heterocycles. The van der Waals surface area contributed by atoms with Gasteiger partial charge in [0.15, 0.2) is 0 Å². The van der Waals surface area contributed by atoms with Crippen LogP contribution in [0.25, 0.3) is 0 Å². The fourth-order valence-electron chi connectivity index (χ4n) is 1.63. The number of ether oxygens (including phenoxy) is 1. The lowest BCUT2D eigenvalue weighted by Crippen LogP contribution is -2.32. The zero-order valence-electron chi connectivity index (χ0n) is 10.4. The minimum atomic E-state index is -0.0402. The molecule has 0 aliphatic rings. The van der Waals surface area contributed by atoms with Gasteiger partial charge in [-0.2, -0.15) is 0 Å². The third kappa shape index (κ3) is 4.27. The second kappa shape index (κ2) is 6.50. The highest BCUT2D eigenvalue weighted by Gasteiger charge is 2.13. The topological polar surface area (TPSA) is 29.5 Å². The average Bonchev–Trinajstić information content (AvgIpc) is 2.28. The van der Waals surface area contributed by atoms with Crippen molar-refractivity contribution in [3.63, 3.8) is 0 Å². The highest BCUT2D eigenvalue weighted by molar-refractivity contribution is 6.20. The number of methoxy groups -OCH3 is 1. The second-order valence-corrected chi connectivity index (χ2v) is 4.79. The molecule has 0 N–H and O–H groups in total. The Morgan fingerprint density at radius 3 is 2.71 bits per heavy atom. The molecule has 17 heavy (non-hydrogen) atoms. The lowest BCUT2D eigenvalue weighted by atomic mass is 10.1. The molecule has 0 fully saturated rings. The summed E-state index contributed by atoms with van der Waals surface area (Å²) in [5, 5.41) is -0.0402. The number of alkyl halides is 1. The molecule has 1 amide bonds. The van der Waals surface area contributed by atoms with Crippen molar-refractivity contribution < 1.29 is 9.53 Å². The number of nitrogens with zero attached hydrogens (tertiary/aromatic N) is 1. The van der Waals surface area contributed by atoms with Crippen LogP contribution in [0.4, 0.5) is 0 Å². The first kappa shape index (κ1) is 13.8. The van der Waals surface area contributed by atoms with Crippen molar-refractivity contribution in [2.45, 2.75) is 18.7 Å². The summed E-state index contributed by atoms with van der Waals surface area (Å²) >= 11 is 5.86. The van der Waals surface area contributed by atoms with Crippen LogP contribution in [0.3, 0.4) is 0 Å². The van der Waals surface area contributed by atoms with Crippen molar-refractivity contribution in [2.24, 2.45) is 0 Å². The molecule has 3 nitrogen and oxygen atoms in total. The van der Waals surface area contributed by atoms with Gasteiger partial charge < -0.3 is 9.64 Å². The maximum absolute atomic E-state index is 11.9. The Morgan fingerprint density at radius 1 is 1.47 bits per heavy atom. The van der Waals surface area contributed by atoms with Crippen molar-refractivity contribution in [2.75, 3.05) is 20.7 Å². The molecule has 1 aromatic rings. The molecule has 94 valence electrons. The first-order valence-corrected chi connectivity index (χ1v) is 5.98. The van der Waals surface area contributed by atoms with E-state index in [-0.39, 0.29) is 11.3 Å². The van der Waals surface area contributed by atoms with E-state index in [1.54, 1.807) is 19.1 Å². The van der Waals surface area contributed by atoms with Gasteiger partial charge in [0.1, 0.15) is 5.75 Å². The zero-order valence-corrected chi connectivity index (χ0v) is 11.2. The number of carbonyl (C=O) groups excluding carboxylic acids is 1. The number of amides is 1. The highest BCUT2D eigenvalue weighted by atomic mass is 35.5. The Kier molecular flexibility index (Phi) is 5.29. The summed E-state index contributed by atoms with van der Waals surface area (Å²) in [4.78, 5) is 13.6. The van der Waals surface area contributed by atoms with Crippen molar-refractivity contribution in [1.82, 2.24) is 4.90 Å². The van der Waals surface area contributed by atoms with Crippen LogP contribution >= 0.6 is 11.6 Å². The number of halogens is 1. The molecular formula is C13H18ClNO2. The number of hydrogen-bond donors (Lipinski definition) is 0. The molecule has 1 atom stereocenters. The van der Waals surface area contributed by atoms with Crippen LogP contribution in [-0.2, 0) is 11.2 Å². The van der Waals surface area contributed by atoms with E-state index in [2.05, 4.69) is 0 Å². The Morgan fingerprint density at radius 2 is 2.12 bits per heavy atom. The number of likely N-dealkylation sites (N-methyl/N-ethyl adjacent to an activating group) is 1. The fraction of sp³-hybridized carbons (Fsp3) is 0.462. The largest absolute Gasteiger partial charge is 0.496 e. The maximum Gasteiger partial charge on any atom is 0.226 e. The lowest BCUT2D eigenvalue weighted by Gasteiger charge is -2.19. The van der Waals surface area contributed by atoms with E-state index in [0.717, 1.165) is 11.3 Å². The summed E-state index contributed by atoms with van der Waals surface area (Å²) in [6, 6.07) is 7.54. The Hall–Kier alpha value is -1.22. The molecule has 4 heteroatoms. The van der Waals surface area contributed by atoms with Crippen molar-refractivity contribution in [1.29, 1.82) is 0 Å². The van der Waals surface area contributed by atoms with Crippen LogP contribution in [0.15, 0.2) is 24.3 Å². The summed E-state index contributed by atoms with van der Waals surface area (Å²) in [5.41, 5.74) is 0.897. The van der Waals surface area contributed by atoms with Gasteiger partial charge in [-0.15, -0.1) is 11.6 Å². The molecule has 1 aromatic carbocycles. The Balaban J connectivity index is 2.67. The number of carbonyl (C=O) groups is 1. The first-order chi connectivity index (χ1) is 8.04. The van der Waals surface area contributed by atoms with Gasteiger partial charge in [-0.25, -0.2) is 0 Å². The van der Waals surface area contributed by atoms with Gasteiger partial charge in [0.25, 0.3) is 0 Å². The summed E-state index contributed by atoms with van der Waals surface area (Å²) in [6.07, 6.45) is 0.337. The molecule has 0 aliphatic carbocycles. The SMILES string of the molecule is COc1ccccc1CC(=O)N(C)CC(C)Cl. The average molecular weight is 256 g/mol. The van der Waals surface area contributed by atoms with Crippen LogP contribution in [0.5, 0.6) is 5.75 Å². The van der Waals surface area contributed by atoms with E-state index >= 15 is 0 Å². The zero-order chi connectivity index (χ0) is 12.8. The molecule has 0 spiro atoms. The van der Waals surface area contributed by atoms with Gasteiger partial charge in [0, 0.05) is 24.5 Å². The van der Waals surface area contributed by atoms with Crippen LogP contribution in [0, 0.1) is 0 Å². The van der Waals surface area contributed by atoms with Crippen LogP contribution in [-0.4, -0.2) is 36.9 Å². The van der Waals surface area contributed by atoms with E-state index in [9.17, 15) is 4.79 Å². The summed E-state index contributed by atoms with van der Waals surface area (Å²) in [6.45, 7) is 2.42. The van der Waals surface area contributed by atoms with Gasteiger partial charge in [0.2, 0.25) is 5.91 Å². The molecule has 0 heterocycles. The Bertz CT molecular complexity index is 379. The number of para-hydroxylation sites is 1. The fourth-order valence-corrected chi connectivity index (χ4v) is 1.83. The normalized spacial score (nSPS) is 12.0. The smallest absolute Gasteiger partial charge is 0.226 e. The molecule has 0 aromatic heterocycles. The van der Waals surface area contributed by atoms with E-state index in [4.69, 9.17) is 16.3 Å². The molecule has 0 radical (unpaired) electrons. The van der Waals surface area contributed by atoms with E-state index in [0.29, 0.717) is 13.0 Å². The predicted octanol–water partition coefficient (Wildman–Crippen LogP) is 2.32. The van der Waals surface area contributed by atoms with Crippen molar-refractivity contribution in [3.8, 4) is 5.75 Å². The Labute approximate surface area is 107 Å². The van der Waals surface area contributed by atoms with E-state index in [1.807, 2.05) is 31.2 Å². The molecule has 0 saturated heterocycles. The molecule has 0 saturated carbocycles. The maximum atomic E-state index is 11.9. The lowest BCUT2D eigenvalue weighted by molar-refractivity contribution is -0.129. The minimum Gasteiger partial charge on any atom is -0.496 e. The quantitative estimate of drug-likeness (QED) is 0.756. The van der Waals surface area contributed by atoms with Gasteiger partial charge in [0.05, 0.1) is 13.5 Å². The minimum absolute atomic E-state index is 0.0402. The standard InChI is InChI=1S/C13H18ClNO2/c1-10(14)9-15(2)13(16)8-11-6-4-5-7-12(11)17-3/h4-7,10H,8-9H2,1-3H3. The molecule has 1 rings (SSSR count). The van der Waals surface area contributed by atoms with Crippen LogP contribution in [0.1, 0.15) is 12.5 Å². The number of rotatable bonds is 5. The van der Waals surface area contributed by atoms with Crippen molar-refractivity contribution >= 4 is 17.5 Å². The third-order valence-electron chi connectivity index (χ3n) is 2.49. The summed E-state index contributed by atoms with van der Waals surface area (Å²) in [7, 11) is 3.37. The number of benzene rings is 1. The molecule has 0 bridgehead atoms. The molecule has 1 unspecified atom stereocenters. The second-order valence-electron chi connectivity index (χ2n) is 4.04. The molecular weight excluding hydrogens is 238 g/mol. The van der Waals surface area contributed by atoms with Crippen molar-refractivity contribution in [3.05, 3.63) is 29.8 Å². The first-order valence-electron chi connectivity index (χ1n) is 5.54. The number of hydrogen-bond acceptors (Lipinski definition) is 2. The monoisotopic (exact) mass is 255 g/mol. The van der Waals surface area contributed by atoms with Crippen LogP contribution in [0.2, 0.25) is 0 Å². The van der Waals surface area contributed by atoms with Gasteiger partial charge >= 0.3 is 0 Å². The summed E-state index contributed by atoms with van der Waals surface area (Å²) < 4.78 is 5.21. The highest BCUT2D eigenvalue weighted by Crippen LogP contribution is 2.18. The van der Waals surface area contributed by atoms with Crippen LogP contribution < -0.4 is 4.74 Å². The third-order valence-corrected chi connectivity index (χ3v) is 2.62. The van der Waals surface area contributed by atoms with Gasteiger partial charge in [-0.3, -0.25) is 4.79 Å².